The Kier molecular flexibility index (Phi) is 3.57. The molecule has 2 N–H and O–H groups in total. The average Bonchev–Trinajstić information content (AvgIpc) is 2.38. The van der Waals surface area contributed by atoms with Crippen LogP contribution in [0.5, 0.6) is 5.75 Å². The second-order valence-corrected chi connectivity index (χ2v) is 4.02. The van der Waals surface area contributed by atoms with Crippen molar-refractivity contribution in [2.75, 3.05) is 0 Å². The fourth-order valence-corrected chi connectivity index (χ4v) is 1.60. The van der Waals surface area contributed by atoms with E-state index in [1.165, 1.54) is 0 Å². The van der Waals surface area contributed by atoms with Gasteiger partial charge in [0.05, 0.1) is 0 Å². The highest BCUT2D eigenvalue weighted by Gasteiger charge is 2.09. The number of hydrogen-bond acceptors (Lipinski definition) is 3. The second kappa shape index (κ2) is 5.31. The van der Waals surface area contributed by atoms with Crippen LogP contribution in [0.1, 0.15) is 21.6 Å². The average molecular weight is 242 g/mol. The minimum absolute atomic E-state index is 0.193. The van der Waals surface area contributed by atoms with Gasteiger partial charge >= 0.3 is 0 Å². The van der Waals surface area contributed by atoms with Crippen LogP contribution in [-0.2, 0) is 6.54 Å². The van der Waals surface area contributed by atoms with Crippen LogP contribution < -0.4 is 5.32 Å². The summed E-state index contributed by atoms with van der Waals surface area (Å²) in [5.74, 6) is 0.0202. The van der Waals surface area contributed by atoms with Crippen molar-refractivity contribution in [1.29, 1.82) is 0 Å². The predicted octanol–water partition coefficient (Wildman–Crippen LogP) is 2.03. The molecule has 4 nitrogen and oxygen atoms in total. The third-order valence-corrected chi connectivity index (χ3v) is 2.61. The van der Waals surface area contributed by atoms with E-state index in [0.29, 0.717) is 12.2 Å². The van der Waals surface area contributed by atoms with Crippen molar-refractivity contribution in [3.8, 4) is 5.75 Å². The number of carbonyl (C=O) groups is 1. The van der Waals surface area contributed by atoms with Gasteiger partial charge in [-0.15, -0.1) is 0 Å². The van der Waals surface area contributed by atoms with Gasteiger partial charge in [0.1, 0.15) is 11.4 Å². The van der Waals surface area contributed by atoms with Crippen LogP contribution in [0, 0.1) is 6.92 Å². The molecule has 0 radical (unpaired) electrons. The van der Waals surface area contributed by atoms with Gasteiger partial charge in [0, 0.05) is 12.7 Å². The highest BCUT2D eigenvalue weighted by atomic mass is 16.3. The molecule has 4 heteroatoms. The second-order valence-electron chi connectivity index (χ2n) is 4.02. The lowest BCUT2D eigenvalue weighted by Gasteiger charge is -2.06. The minimum Gasteiger partial charge on any atom is -0.508 e. The molecule has 0 saturated carbocycles. The maximum atomic E-state index is 11.9. The Labute approximate surface area is 105 Å². The van der Waals surface area contributed by atoms with Crippen molar-refractivity contribution in [1.82, 2.24) is 10.3 Å². The molecule has 1 amide bonds. The normalized spacial score (nSPS) is 10.1. The van der Waals surface area contributed by atoms with Crippen molar-refractivity contribution in [2.24, 2.45) is 0 Å². The molecule has 0 saturated heterocycles. The molecule has 0 fully saturated rings. The summed E-state index contributed by atoms with van der Waals surface area (Å²) in [6.07, 6.45) is 1.60. The number of hydrogen-bond donors (Lipinski definition) is 2. The number of carbonyl (C=O) groups excluding carboxylic acids is 1. The molecule has 1 heterocycles. The van der Waals surface area contributed by atoms with Gasteiger partial charge in [-0.25, -0.2) is 0 Å². The third kappa shape index (κ3) is 2.85. The number of rotatable bonds is 3. The van der Waals surface area contributed by atoms with Crippen LogP contribution in [0.4, 0.5) is 0 Å². The van der Waals surface area contributed by atoms with E-state index >= 15 is 0 Å². The van der Waals surface area contributed by atoms with Crippen molar-refractivity contribution >= 4 is 5.91 Å². The molecule has 0 aliphatic heterocycles. The molecule has 92 valence electrons. The zero-order valence-corrected chi connectivity index (χ0v) is 10.1. The Bertz CT molecular complexity index is 550. The number of aromatic nitrogens is 1. The first-order chi connectivity index (χ1) is 8.66. The number of pyridine rings is 1. The molecule has 18 heavy (non-hydrogen) atoms. The van der Waals surface area contributed by atoms with E-state index < -0.39 is 0 Å². The van der Waals surface area contributed by atoms with Gasteiger partial charge in [-0.1, -0.05) is 18.2 Å². The lowest BCUT2D eigenvalue weighted by molar-refractivity contribution is 0.0945. The first-order valence-corrected chi connectivity index (χ1v) is 5.64. The molecule has 0 unspecified atom stereocenters. The molecular weight excluding hydrogens is 228 g/mol. The number of phenols is 1. The van der Waals surface area contributed by atoms with Gasteiger partial charge in [-0.2, -0.15) is 0 Å². The number of phenolic OH excluding ortho intramolecular Hbond substituents is 1. The largest absolute Gasteiger partial charge is 0.508 e. The molecule has 2 aromatic rings. The van der Waals surface area contributed by atoms with Crippen LogP contribution in [0.2, 0.25) is 0 Å². The maximum absolute atomic E-state index is 11.9. The Morgan fingerprint density at radius 1 is 1.28 bits per heavy atom. The van der Waals surface area contributed by atoms with Gasteiger partial charge in [0.15, 0.2) is 0 Å². The summed E-state index contributed by atoms with van der Waals surface area (Å²) in [5.41, 5.74) is 2.21. The molecule has 0 atom stereocenters. The molecule has 0 aliphatic carbocycles. The SMILES string of the molecule is Cc1cccnc1C(=O)NCc1ccc(O)cc1. The van der Waals surface area contributed by atoms with Crippen LogP contribution in [0.15, 0.2) is 42.6 Å². The number of benzene rings is 1. The fraction of sp³-hybridized carbons (Fsp3) is 0.143. The standard InChI is InChI=1S/C14H14N2O2/c1-10-3-2-8-15-13(10)14(18)16-9-11-4-6-12(17)7-5-11/h2-8,17H,9H2,1H3,(H,16,18). The van der Waals surface area contributed by atoms with Gasteiger partial charge in [0.25, 0.3) is 5.91 Å². The first-order valence-electron chi connectivity index (χ1n) is 5.64. The van der Waals surface area contributed by atoms with Crippen LogP contribution in [0.3, 0.4) is 0 Å². The zero-order chi connectivity index (χ0) is 13.0. The summed E-state index contributed by atoms with van der Waals surface area (Å²) < 4.78 is 0. The van der Waals surface area contributed by atoms with Crippen LogP contribution >= 0.6 is 0 Å². The predicted molar refractivity (Wildman–Crippen MR) is 68.3 cm³/mol. The number of aryl methyl sites for hydroxylation is 1. The van der Waals surface area contributed by atoms with Gasteiger partial charge in [-0.05, 0) is 36.2 Å². The topological polar surface area (TPSA) is 62.2 Å². The molecule has 1 aromatic heterocycles. The van der Waals surface area contributed by atoms with Crippen LogP contribution in [-0.4, -0.2) is 16.0 Å². The quantitative estimate of drug-likeness (QED) is 0.865. The molecular formula is C14H14N2O2. The minimum atomic E-state index is -0.193. The van der Waals surface area contributed by atoms with E-state index in [2.05, 4.69) is 10.3 Å². The first kappa shape index (κ1) is 12.1. The van der Waals surface area contributed by atoms with E-state index in [9.17, 15) is 4.79 Å². The number of aromatic hydroxyl groups is 1. The highest BCUT2D eigenvalue weighted by Crippen LogP contribution is 2.09. The van der Waals surface area contributed by atoms with Gasteiger partial charge < -0.3 is 10.4 Å². The lowest BCUT2D eigenvalue weighted by Crippen LogP contribution is -2.24. The smallest absolute Gasteiger partial charge is 0.270 e. The maximum Gasteiger partial charge on any atom is 0.270 e. The van der Waals surface area contributed by atoms with Crippen molar-refractivity contribution in [3.05, 3.63) is 59.4 Å². The Morgan fingerprint density at radius 2 is 2.00 bits per heavy atom. The van der Waals surface area contributed by atoms with E-state index in [0.717, 1.165) is 11.1 Å². The third-order valence-electron chi connectivity index (χ3n) is 2.61. The van der Waals surface area contributed by atoms with E-state index in [1.807, 2.05) is 13.0 Å². The summed E-state index contributed by atoms with van der Waals surface area (Å²) >= 11 is 0. The monoisotopic (exact) mass is 242 g/mol. The number of nitrogens with one attached hydrogen (secondary N) is 1. The van der Waals surface area contributed by atoms with Crippen LogP contribution in [0.25, 0.3) is 0 Å². The summed E-state index contributed by atoms with van der Waals surface area (Å²) in [4.78, 5) is 15.9. The van der Waals surface area contributed by atoms with Gasteiger partial charge in [0.2, 0.25) is 0 Å². The van der Waals surface area contributed by atoms with E-state index in [1.54, 1.807) is 36.5 Å². The highest BCUT2D eigenvalue weighted by molar-refractivity contribution is 5.93. The van der Waals surface area contributed by atoms with Crippen molar-refractivity contribution < 1.29 is 9.90 Å². The Hall–Kier alpha value is -2.36. The molecule has 2 rings (SSSR count). The molecule has 0 bridgehead atoms. The van der Waals surface area contributed by atoms with Gasteiger partial charge in [-0.3, -0.25) is 9.78 Å². The molecule has 1 aromatic carbocycles. The number of nitrogens with zero attached hydrogens (tertiary/aromatic N) is 1. The number of amides is 1. The van der Waals surface area contributed by atoms with E-state index in [-0.39, 0.29) is 11.7 Å². The summed E-state index contributed by atoms with van der Waals surface area (Å²) in [6, 6.07) is 10.4. The Morgan fingerprint density at radius 3 is 2.67 bits per heavy atom. The molecule has 0 aliphatic rings. The lowest BCUT2D eigenvalue weighted by atomic mass is 10.2. The summed E-state index contributed by atoms with van der Waals surface area (Å²) in [5, 5.41) is 11.9. The fourth-order valence-electron chi connectivity index (χ4n) is 1.60. The summed E-state index contributed by atoms with van der Waals surface area (Å²) in [6.45, 7) is 2.26. The van der Waals surface area contributed by atoms with E-state index in [4.69, 9.17) is 5.11 Å². The summed E-state index contributed by atoms with van der Waals surface area (Å²) in [7, 11) is 0. The van der Waals surface area contributed by atoms with Crippen molar-refractivity contribution in [3.63, 3.8) is 0 Å². The zero-order valence-electron chi connectivity index (χ0n) is 10.1. The van der Waals surface area contributed by atoms with Crippen molar-refractivity contribution in [2.45, 2.75) is 13.5 Å². The molecule has 0 spiro atoms. The Balaban J connectivity index is 2.01.